The molecule has 0 amide bonds. The average Bonchev–Trinajstić information content (AvgIpc) is 2.38. The Labute approximate surface area is 99.9 Å². The van der Waals surface area contributed by atoms with Gasteiger partial charge in [0.05, 0.1) is 11.1 Å². The molecule has 17 heavy (non-hydrogen) atoms. The van der Waals surface area contributed by atoms with Crippen molar-refractivity contribution < 1.29 is 0 Å². The summed E-state index contributed by atoms with van der Waals surface area (Å²) in [6.07, 6.45) is 0.623. The Bertz CT molecular complexity index is 642. The summed E-state index contributed by atoms with van der Waals surface area (Å²) in [5, 5.41) is 10.0. The molecule has 1 heterocycles. The number of benzene rings is 1. The van der Waals surface area contributed by atoms with Crippen molar-refractivity contribution in [3.63, 3.8) is 0 Å². The summed E-state index contributed by atoms with van der Waals surface area (Å²) in [7, 11) is 0. The van der Waals surface area contributed by atoms with Gasteiger partial charge < -0.3 is 5.73 Å². The third-order valence-corrected chi connectivity index (χ3v) is 2.32. The molecule has 1 aromatic heterocycles. The van der Waals surface area contributed by atoms with Crippen molar-refractivity contribution in [3.8, 4) is 17.9 Å². The molecule has 0 aliphatic carbocycles. The Morgan fingerprint density at radius 2 is 2.12 bits per heavy atom. The summed E-state index contributed by atoms with van der Waals surface area (Å²) >= 11 is 0. The van der Waals surface area contributed by atoms with E-state index in [1.54, 1.807) is 0 Å². The smallest absolute Gasteiger partial charge is 0.156 e. The van der Waals surface area contributed by atoms with Gasteiger partial charge in [-0.2, -0.15) is 5.26 Å². The predicted octanol–water partition coefficient (Wildman–Crippen LogP) is 1.81. The van der Waals surface area contributed by atoms with Crippen LogP contribution < -0.4 is 5.73 Å². The van der Waals surface area contributed by atoms with E-state index in [1.807, 2.05) is 30.3 Å². The third kappa shape index (κ3) is 2.42. The second-order valence-electron chi connectivity index (χ2n) is 3.53. The molecule has 0 fully saturated rings. The van der Waals surface area contributed by atoms with Crippen LogP contribution in [0.4, 0.5) is 0 Å². The topological polar surface area (TPSA) is 62.7 Å². The van der Waals surface area contributed by atoms with Gasteiger partial charge in [-0.1, -0.05) is 30.0 Å². The summed E-state index contributed by atoms with van der Waals surface area (Å²) in [4.78, 5) is 4.28. The zero-order valence-corrected chi connectivity index (χ0v) is 9.27. The van der Waals surface area contributed by atoms with Crippen LogP contribution in [0.2, 0.25) is 0 Å². The lowest BCUT2D eigenvalue weighted by molar-refractivity contribution is 1.03. The number of pyridine rings is 1. The van der Waals surface area contributed by atoms with Gasteiger partial charge in [-0.25, -0.2) is 4.98 Å². The van der Waals surface area contributed by atoms with Crippen molar-refractivity contribution in [1.29, 1.82) is 5.26 Å². The largest absolute Gasteiger partial charge is 0.330 e. The minimum atomic E-state index is 0.369. The fourth-order valence-electron chi connectivity index (χ4n) is 1.53. The molecular weight excluding hydrogens is 210 g/mol. The normalized spacial score (nSPS) is 9.41. The van der Waals surface area contributed by atoms with Crippen LogP contribution in [-0.2, 0) is 0 Å². The van der Waals surface area contributed by atoms with Gasteiger partial charge in [0, 0.05) is 18.4 Å². The molecule has 3 nitrogen and oxygen atoms in total. The molecule has 0 saturated heterocycles. The highest BCUT2D eigenvalue weighted by atomic mass is 14.7. The molecule has 0 atom stereocenters. The molecule has 0 saturated carbocycles. The van der Waals surface area contributed by atoms with E-state index in [2.05, 4.69) is 22.9 Å². The van der Waals surface area contributed by atoms with Gasteiger partial charge in [-0.15, -0.1) is 0 Å². The first-order chi connectivity index (χ1) is 8.35. The van der Waals surface area contributed by atoms with E-state index >= 15 is 0 Å². The molecule has 0 bridgehead atoms. The Kier molecular flexibility index (Phi) is 3.35. The molecule has 0 aliphatic rings. The summed E-state index contributed by atoms with van der Waals surface area (Å²) in [6.45, 7) is 0.524. The van der Waals surface area contributed by atoms with Crippen LogP contribution in [0.1, 0.15) is 17.7 Å². The molecule has 1 aromatic carbocycles. The number of fused-ring (bicyclic) bond motifs is 1. The van der Waals surface area contributed by atoms with Gasteiger partial charge in [-0.3, -0.25) is 0 Å². The molecule has 3 heteroatoms. The number of aromatic nitrogens is 1. The van der Waals surface area contributed by atoms with Crippen molar-refractivity contribution >= 4 is 10.9 Å². The Morgan fingerprint density at radius 3 is 2.88 bits per heavy atom. The molecule has 0 spiro atoms. The van der Waals surface area contributed by atoms with Gasteiger partial charge in [0.1, 0.15) is 6.07 Å². The fourth-order valence-corrected chi connectivity index (χ4v) is 1.53. The lowest BCUT2D eigenvalue weighted by Gasteiger charge is -1.99. The Balaban J connectivity index is 2.55. The summed E-state index contributed by atoms with van der Waals surface area (Å²) in [5.41, 5.74) is 7.22. The van der Waals surface area contributed by atoms with Crippen molar-refractivity contribution in [2.45, 2.75) is 6.42 Å². The van der Waals surface area contributed by atoms with Crippen LogP contribution in [0.25, 0.3) is 10.9 Å². The van der Waals surface area contributed by atoms with Crippen LogP contribution in [-0.4, -0.2) is 11.5 Å². The molecule has 82 valence electrons. The monoisotopic (exact) mass is 221 g/mol. The van der Waals surface area contributed by atoms with Crippen LogP contribution >= 0.6 is 0 Å². The number of nitrogens with zero attached hydrogens (tertiary/aromatic N) is 2. The number of hydrogen-bond acceptors (Lipinski definition) is 3. The molecule has 2 rings (SSSR count). The van der Waals surface area contributed by atoms with Crippen LogP contribution in [0.15, 0.2) is 30.3 Å². The summed E-state index contributed by atoms with van der Waals surface area (Å²) in [6, 6.07) is 11.6. The average molecular weight is 221 g/mol. The van der Waals surface area contributed by atoms with E-state index in [9.17, 15) is 0 Å². The molecule has 0 unspecified atom stereocenters. The molecule has 0 aliphatic heterocycles. The Morgan fingerprint density at radius 1 is 1.29 bits per heavy atom. The van der Waals surface area contributed by atoms with E-state index < -0.39 is 0 Å². The number of nitriles is 1. The van der Waals surface area contributed by atoms with Crippen LogP contribution in [0, 0.1) is 23.2 Å². The SMILES string of the molecule is N#Cc1nc2ccccc2cc1C#CCCN. The van der Waals surface area contributed by atoms with E-state index in [-0.39, 0.29) is 0 Å². The van der Waals surface area contributed by atoms with E-state index in [4.69, 9.17) is 11.0 Å². The highest BCUT2D eigenvalue weighted by Crippen LogP contribution is 2.15. The standard InChI is InChI=1S/C14H11N3/c15-8-4-3-6-12-9-11-5-1-2-7-13(11)17-14(12)10-16/h1-2,5,7,9H,4,8,15H2. The number of para-hydroxylation sites is 1. The molecular formula is C14H11N3. The first-order valence-corrected chi connectivity index (χ1v) is 5.34. The van der Waals surface area contributed by atoms with E-state index in [0.29, 0.717) is 24.2 Å². The van der Waals surface area contributed by atoms with E-state index in [0.717, 1.165) is 10.9 Å². The highest BCUT2D eigenvalue weighted by Gasteiger charge is 2.03. The van der Waals surface area contributed by atoms with Crippen molar-refractivity contribution in [2.24, 2.45) is 5.73 Å². The maximum absolute atomic E-state index is 9.03. The van der Waals surface area contributed by atoms with Gasteiger partial charge in [-0.05, 0) is 12.1 Å². The molecule has 2 N–H and O–H groups in total. The quantitative estimate of drug-likeness (QED) is 0.747. The van der Waals surface area contributed by atoms with Crippen molar-refractivity contribution in [2.75, 3.05) is 6.54 Å². The summed E-state index contributed by atoms with van der Waals surface area (Å²) in [5.74, 6) is 5.87. The minimum absolute atomic E-state index is 0.369. The molecule has 2 aromatic rings. The van der Waals surface area contributed by atoms with Gasteiger partial charge in [0.15, 0.2) is 5.69 Å². The highest BCUT2D eigenvalue weighted by molar-refractivity contribution is 5.81. The predicted molar refractivity (Wildman–Crippen MR) is 67.0 cm³/mol. The number of nitrogens with two attached hydrogens (primary N) is 1. The lowest BCUT2D eigenvalue weighted by Crippen LogP contribution is -1.96. The van der Waals surface area contributed by atoms with Gasteiger partial charge in [0.25, 0.3) is 0 Å². The Hall–Kier alpha value is -2.36. The van der Waals surface area contributed by atoms with Crippen LogP contribution in [0.5, 0.6) is 0 Å². The lowest BCUT2D eigenvalue weighted by atomic mass is 10.1. The minimum Gasteiger partial charge on any atom is -0.330 e. The number of hydrogen-bond donors (Lipinski definition) is 1. The fraction of sp³-hybridized carbons (Fsp3) is 0.143. The zero-order valence-electron chi connectivity index (χ0n) is 9.27. The maximum Gasteiger partial charge on any atom is 0.156 e. The molecule has 0 radical (unpaired) electrons. The van der Waals surface area contributed by atoms with Crippen molar-refractivity contribution in [1.82, 2.24) is 4.98 Å². The second kappa shape index (κ2) is 5.12. The third-order valence-electron chi connectivity index (χ3n) is 2.32. The number of rotatable bonds is 1. The van der Waals surface area contributed by atoms with Gasteiger partial charge >= 0.3 is 0 Å². The first kappa shape index (κ1) is 11.1. The first-order valence-electron chi connectivity index (χ1n) is 5.34. The second-order valence-corrected chi connectivity index (χ2v) is 3.53. The zero-order chi connectivity index (χ0) is 12.1. The van der Waals surface area contributed by atoms with Gasteiger partial charge in [0.2, 0.25) is 0 Å². The maximum atomic E-state index is 9.03. The van der Waals surface area contributed by atoms with E-state index in [1.165, 1.54) is 0 Å². The van der Waals surface area contributed by atoms with Crippen molar-refractivity contribution in [3.05, 3.63) is 41.6 Å². The summed E-state index contributed by atoms with van der Waals surface area (Å²) < 4.78 is 0. The van der Waals surface area contributed by atoms with Crippen LogP contribution in [0.3, 0.4) is 0 Å².